The van der Waals surface area contributed by atoms with Crippen LogP contribution in [0.4, 0.5) is 5.69 Å². The Labute approximate surface area is 95.5 Å². The van der Waals surface area contributed by atoms with E-state index in [1.807, 2.05) is 6.07 Å². The summed E-state index contributed by atoms with van der Waals surface area (Å²) in [6.45, 7) is 4.17. The highest BCUT2D eigenvalue weighted by atomic mass is 16.4. The van der Waals surface area contributed by atoms with Crippen molar-refractivity contribution in [3.05, 3.63) is 29.3 Å². The van der Waals surface area contributed by atoms with Crippen molar-refractivity contribution in [2.75, 3.05) is 5.32 Å². The second-order valence-electron chi connectivity index (χ2n) is 4.39. The Balaban J connectivity index is 2.13. The van der Waals surface area contributed by atoms with E-state index in [9.17, 15) is 4.79 Å². The molecule has 1 aromatic carbocycles. The van der Waals surface area contributed by atoms with Gasteiger partial charge in [0, 0.05) is 11.7 Å². The van der Waals surface area contributed by atoms with Crippen molar-refractivity contribution in [2.24, 2.45) is 5.92 Å². The van der Waals surface area contributed by atoms with E-state index >= 15 is 0 Å². The fourth-order valence-corrected chi connectivity index (χ4v) is 2.04. The Bertz CT molecular complexity index is 414. The van der Waals surface area contributed by atoms with Crippen molar-refractivity contribution in [3.63, 3.8) is 0 Å². The number of hydrogen-bond donors (Lipinski definition) is 2. The molecule has 2 rings (SSSR count). The van der Waals surface area contributed by atoms with Crippen LogP contribution in [-0.2, 0) is 11.2 Å². The summed E-state index contributed by atoms with van der Waals surface area (Å²) in [5, 5.41) is 12.2. The highest BCUT2D eigenvalue weighted by Crippen LogP contribution is 2.35. The molecule has 0 aromatic heterocycles. The normalized spacial score (nSPS) is 22.9. The standard InChI is InChI=1S/C13H17NO2/c1-3-9-6-4-5-8(2)12(9)14-11-7-10(11)13(15)16/h4-6,10-11,14H,3,7H2,1-2H3,(H,15,16). The first kappa shape index (κ1) is 11.0. The number of aryl methyl sites for hydroxylation is 2. The van der Waals surface area contributed by atoms with Crippen molar-refractivity contribution in [2.45, 2.75) is 32.7 Å². The Morgan fingerprint density at radius 1 is 1.56 bits per heavy atom. The lowest BCUT2D eigenvalue weighted by Gasteiger charge is -2.13. The molecule has 0 spiro atoms. The summed E-state index contributed by atoms with van der Waals surface area (Å²) >= 11 is 0. The lowest BCUT2D eigenvalue weighted by molar-refractivity contribution is -0.138. The summed E-state index contributed by atoms with van der Waals surface area (Å²) in [5.41, 5.74) is 3.57. The molecule has 0 saturated heterocycles. The van der Waals surface area contributed by atoms with Crippen LogP contribution in [0.2, 0.25) is 0 Å². The first-order valence-electron chi connectivity index (χ1n) is 5.71. The van der Waals surface area contributed by atoms with Crippen molar-refractivity contribution >= 4 is 11.7 Å². The van der Waals surface area contributed by atoms with Gasteiger partial charge in [-0.3, -0.25) is 4.79 Å². The molecule has 2 atom stereocenters. The molecule has 1 fully saturated rings. The number of anilines is 1. The predicted octanol–water partition coefficient (Wildman–Crippen LogP) is 2.44. The number of rotatable bonds is 4. The SMILES string of the molecule is CCc1cccc(C)c1NC1CC1C(=O)O. The molecule has 1 aliphatic rings. The minimum absolute atomic E-state index is 0.115. The van der Waals surface area contributed by atoms with Crippen LogP contribution in [0.25, 0.3) is 0 Å². The fourth-order valence-electron chi connectivity index (χ4n) is 2.04. The van der Waals surface area contributed by atoms with E-state index in [4.69, 9.17) is 5.11 Å². The van der Waals surface area contributed by atoms with Crippen molar-refractivity contribution in [1.29, 1.82) is 0 Å². The lowest BCUT2D eigenvalue weighted by Crippen LogP contribution is -2.12. The molecular weight excluding hydrogens is 202 g/mol. The second kappa shape index (κ2) is 4.16. The minimum atomic E-state index is -0.691. The molecule has 0 radical (unpaired) electrons. The lowest BCUT2D eigenvalue weighted by atomic mass is 10.1. The van der Waals surface area contributed by atoms with Gasteiger partial charge in [-0.1, -0.05) is 25.1 Å². The van der Waals surface area contributed by atoms with Gasteiger partial charge in [-0.2, -0.15) is 0 Å². The van der Waals surface area contributed by atoms with Crippen LogP contribution < -0.4 is 5.32 Å². The largest absolute Gasteiger partial charge is 0.481 e. The molecule has 2 N–H and O–H groups in total. The number of carboxylic acid groups (broad SMARTS) is 1. The van der Waals surface area contributed by atoms with E-state index in [1.165, 1.54) is 11.1 Å². The van der Waals surface area contributed by atoms with Gasteiger partial charge in [-0.25, -0.2) is 0 Å². The highest BCUT2D eigenvalue weighted by molar-refractivity contribution is 5.76. The zero-order valence-electron chi connectivity index (χ0n) is 9.66. The topological polar surface area (TPSA) is 49.3 Å². The van der Waals surface area contributed by atoms with E-state index in [0.29, 0.717) is 0 Å². The van der Waals surface area contributed by atoms with Crippen LogP contribution in [0.5, 0.6) is 0 Å². The molecule has 0 heterocycles. The van der Waals surface area contributed by atoms with Gasteiger partial charge in [0.25, 0.3) is 0 Å². The molecule has 86 valence electrons. The zero-order chi connectivity index (χ0) is 11.7. The van der Waals surface area contributed by atoms with E-state index < -0.39 is 5.97 Å². The molecule has 3 heteroatoms. The fraction of sp³-hybridized carbons (Fsp3) is 0.462. The summed E-state index contributed by atoms with van der Waals surface area (Å²) in [7, 11) is 0. The number of hydrogen-bond acceptors (Lipinski definition) is 2. The molecular formula is C13H17NO2. The highest BCUT2D eigenvalue weighted by Gasteiger charge is 2.43. The third-order valence-electron chi connectivity index (χ3n) is 3.18. The van der Waals surface area contributed by atoms with E-state index in [2.05, 4.69) is 31.3 Å². The van der Waals surface area contributed by atoms with Crippen LogP contribution in [-0.4, -0.2) is 17.1 Å². The predicted molar refractivity (Wildman–Crippen MR) is 63.7 cm³/mol. The molecule has 0 bridgehead atoms. The van der Waals surface area contributed by atoms with Crippen molar-refractivity contribution in [3.8, 4) is 0 Å². The van der Waals surface area contributed by atoms with Gasteiger partial charge in [0.2, 0.25) is 0 Å². The summed E-state index contributed by atoms with van der Waals surface area (Å²) in [6, 6.07) is 6.30. The molecule has 2 unspecified atom stereocenters. The Morgan fingerprint density at radius 2 is 2.31 bits per heavy atom. The van der Waals surface area contributed by atoms with Gasteiger partial charge in [-0.05, 0) is 30.9 Å². The summed E-state index contributed by atoms with van der Waals surface area (Å²) < 4.78 is 0. The van der Waals surface area contributed by atoms with Crippen LogP contribution in [0.1, 0.15) is 24.5 Å². The molecule has 0 aliphatic heterocycles. The molecule has 1 aromatic rings. The number of para-hydroxylation sites is 1. The maximum atomic E-state index is 10.8. The van der Waals surface area contributed by atoms with E-state index in [1.54, 1.807) is 0 Å². The van der Waals surface area contributed by atoms with Gasteiger partial charge in [-0.15, -0.1) is 0 Å². The Morgan fingerprint density at radius 3 is 2.88 bits per heavy atom. The van der Waals surface area contributed by atoms with Gasteiger partial charge in [0.15, 0.2) is 0 Å². The Kier molecular flexibility index (Phi) is 2.86. The maximum Gasteiger partial charge on any atom is 0.308 e. The summed E-state index contributed by atoms with van der Waals surface area (Å²) in [4.78, 5) is 10.8. The van der Waals surface area contributed by atoms with Crippen molar-refractivity contribution in [1.82, 2.24) is 0 Å². The molecule has 1 saturated carbocycles. The first-order chi connectivity index (χ1) is 7.63. The number of benzene rings is 1. The average Bonchev–Trinajstić information content (AvgIpc) is 3.00. The van der Waals surface area contributed by atoms with Crippen LogP contribution >= 0.6 is 0 Å². The molecule has 0 amide bonds. The average molecular weight is 219 g/mol. The quantitative estimate of drug-likeness (QED) is 0.817. The van der Waals surface area contributed by atoms with Crippen LogP contribution in [0.3, 0.4) is 0 Å². The smallest absolute Gasteiger partial charge is 0.308 e. The Hall–Kier alpha value is -1.51. The number of carbonyl (C=O) groups is 1. The zero-order valence-corrected chi connectivity index (χ0v) is 9.66. The van der Waals surface area contributed by atoms with E-state index in [0.717, 1.165) is 18.5 Å². The third kappa shape index (κ3) is 2.03. The molecule has 16 heavy (non-hydrogen) atoms. The molecule has 3 nitrogen and oxygen atoms in total. The van der Waals surface area contributed by atoms with Gasteiger partial charge in [0.1, 0.15) is 0 Å². The first-order valence-corrected chi connectivity index (χ1v) is 5.71. The van der Waals surface area contributed by atoms with Crippen molar-refractivity contribution < 1.29 is 9.90 Å². The third-order valence-corrected chi connectivity index (χ3v) is 3.18. The van der Waals surface area contributed by atoms with Crippen LogP contribution in [0.15, 0.2) is 18.2 Å². The number of nitrogens with one attached hydrogen (secondary N) is 1. The second-order valence-corrected chi connectivity index (χ2v) is 4.39. The summed E-state index contributed by atoms with van der Waals surface area (Å²) in [5.74, 6) is -0.895. The number of carboxylic acids is 1. The van der Waals surface area contributed by atoms with Gasteiger partial charge in [0.05, 0.1) is 5.92 Å². The summed E-state index contributed by atoms with van der Waals surface area (Å²) in [6.07, 6.45) is 1.71. The van der Waals surface area contributed by atoms with E-state index in [-0.39, 0.29) is 12.0 Å². The van der Waals surface area contributed by atoms with Gasteiger partial charge < -0.3 is 10.4 Å². The van der Waals surface area contributed by atoms with Gasteiger partial charge >= 0.3 is 5.97 Å². The molecule has 1 aliphatic carbocycles. The minimum Gasteiger partial charge on any atom is -0.481 e. The maximum absolute atomic E-state index is 10.8. The monoisotopic (exact) mass is 219 g/mol. The number of aliphatic carboxylic acids is 1. The van der Waals surface area contributed by atoms with Crippen LogP contribution in [0, 0.1) is 12.8 Å².